The minimum absolute atomic E-state index is 0.214. The molecule has 6 heteroatoms. The van der Waals surface area contributed by atoms with Gasteiger partial charge in [0, 0.05) is 18.8 Å². The summed E-state index contributed by atoms with van der Waals surface area (Å²) in [7, 11) is 0. The highest BCUT2D eigenvalue weighted by molar-refractivity contribution is 5.86. The molecule has 23 heavy (non-hydrogen) atoms. The molecule has 0 saturated carbocycles. The molecule has 2 rings (SSSR count). The number of likely N-dealkylation sites (tertiary alicyclic amines) is 1. The van der Waals surface area contributed by atoms with Crippen LogP contribution >= 0.6 is 0 Å². The Bertz CT molecular complexity index is 513. The summed E-state index contributed by atoms with van der Waals surface area (Å²) in [6, 6.07) is 2.31. The number of nitrogens with one attached hydrogen (secondary N) is 1. The average molecular weight is 319 g/mol. The lowest BCUT2D eigenvalue weighted by atomic mass is 10.1. The molecule has 1 saturated heterocycles. The zero-order valence-corrected chi connectivity index (χ0v) is 13.6. The summed E-state index contributed by atoms with van der Waals surface area (Å²) in [4.78, 5) is 29.9. The molecule has 2 atom stereocenters. The Kier molecular flexibility index (Phi) is 6.52. The van der Waals surface area contributed by atoms with Gasteiger partial charge in [0.2, 0.25) is 5.91 Å². The third-order valence-corrected chi connectivity index (χ3v) is 4.37. The molecule has 1 fully saturated rings. The molecule has 1 amide bonds. The van der Waals surface area contributed by atoms with E-state index in [9.17, 15) is 14.7 Å². The zero-order valence-electron chi connectivity index (χ0n) is 13.6. The Hall–Kier alpha value is -1.95. The molecule has 2 heterocycles. The third kappa shape index (κ3) is 5.32. The lowest BCUT2D eigenvalue weighted by Gasteiger charge is -2.27. The minimum atomic E-state index is -1.02. The Morgan fingerprint density at radius 2 is 1.83 bits per heavy atom. The van der Waals surface area contributed by atoms with Gasteiger partial charge in [-0.1, -0.05) is 12.8 Å². The van der Waals surface area contributed by atoms with E-state index in [2.05, 4.69) is 15.2 Å². The van der Waals surface area contributed by atoms with E-state index >= 15 is 0 Å². The molecule has 6 nitrogen and oxygen atoms in total. The fourth-order valence-corrected chi connectivity index (χ4v) is 2.90. The van der Waals surface area contributed by atoms with Crippen molar-refractivity contribution < 1.29 is 14.7 Å². The molecular weight excluding hydrogens is 294 g/mol. The maximum atomic E-state index is 12.4. The fraction of sp³-hybridized carbons (Fsp3) is 0.588. The van der Waals surface area contributed by atoms with Crippen molar-refractivity contribution in [1.82, 2.24) is 15.2 Å². The summed E-state index contributed by atoms with van der Waals surface area (Å²) in [6.07, 6.45) is 8.09. The number of rotatable bonds is 6. The molecule has 126 valence electrons. The zero-order chi connectivity index (χ0) is 16.7. The van der Waals surface area contributed by atoms with E-state index in [1.165, 1.54) is 12.8 Å². The smallest absolute Gasteiger partial charge is 0.326 e. The molecule has 1 aliphatic rings. The normalized spacial score (nSPS) is 18.7. The van der Waals surface area contributed by atoms with Crippen LogP contribution in [0.1, 0.15) is 38.2 Å². The molecule has 0 spiro atoms. The van der Waals surface area contributed by atoms with E-state index in [0.29, 0.717) is 0 Å². The predicted octanol–water partition coefficient (Wildman–Crippen LogP) is 1.46. The fourth-order valence-electron chi connectivity index (χ4n) is 2.90. The third-order valence-electron chi connectivity index (χ3n) is 4.37. The van der Waals surface area contributed by atoms with Gasteiger partial charge in [0.1, 0.15) is 6.04 Å². The Balaban J connectivity index is 1.95. The lowest BCUT2D eigenvalue weighted by Crippen LogP contribution is -2.51. The van der Waals surface area contributed by atoms with E-state index < -0.39 is 12.0 Å². The van der Waals surface area contributed by atoms with Crippen LogP contribution in [-0.2, 0) is 16.0 Å². The van der Waals surface area contributed by atoms with Crippen LogP contribution in [0.5, 0.6) is 0 Å². The molecule has 0 aromatic carbocycles. The standard InChI is InChI=1S/C17H25N3O3/c1-13(20-10-4-2-3-5-11-20)16(21)19-15(17(22)23)12-14-6-8-18-9-7-14/h6-9,13,15H,2-5,10-12H2,1H3,(H,19,21)(H,22,23). The van der Waals surface area contributed by atoms with Gasteiger partial charge in [-0.2, -0.15) is 0 Å². The molecule has 2 unspecified atom stereocenters. The van der Waals surface area contributed by atoms with Gasteiger partial charge in [0.15, 0.2) is 0 Å². The van der Waals surface area contributed by atoms with Crippen molar-refractivity contribution in [2.45, 2.75) is 51.1 Å². The summed E-state index contributed by atoms with van der Waals surface area (Å²) >= 11 is 0. The maximum Gasteiger partial charge on any atom is 0.326 e. The van der Waals surface area contributed by atoms with Crippen LogP contribution in [0.3, 0.4) is 0 Å². The number of carboxylic acid groups (broad SMARTS) is 1. The summed E-state index contributed by atoms with van der Waals surface area (Å²) in [6.45, 7) is 3.65. The molecule has 1 aromatic rings. The second-order valence-electron chi connectivity index (χ2n) is 6.09. The maximum absolute atomic E-state index is 12.4. The van der Waals surface area contributed by atoms with Crippen LogP contribution in [0.4, 0.5) is 0 Å². The van der Waals surface area contributed by atoms with Crippen molar-refractivity contribution in [2.75, 3.05) is 13.1 Å². The van der Waals surface area contributed by atoms with Crippen LogP contribution in [0.2, 0.25) is 0 Å². The van der Waals surface area contributed by atoms with E-state index in [4.69, 9.17) is 0 Å². The molecule has 1 aromatic heterocycles. The Morgan fingerprint density at radius 1 is 1.22 bits per heavy atom. The first-order valence-corrected chi connectivity index (χ1v) is 8.24. The Morgan fingerprint density at radius 3 is 2.39 bits per heavy atom. The molecular formula is C17H25N3O3. The first-order chi connectivity index (χ1) is 11.1. The number of aliphatic carboxylic acids is 1. The summed E-state index contributed by atoms with van der Waals surface area (Å²) in [5.41, 5.74) is 0.843. The molecule has 0 aliphatic carbocycles. The van der Waals surface area contributed by atoms with E-state index in [1.807, 2.05) is 6.92 Å². The van der Waals surface area contributed by atoms with Crippen molar-refractivity contribution in [3.63, 3.8) is 0 Å². The minimum Gasteiger partial charge on any atom is -0.480 e. The number of pyridine rings is 1. The summed E-state index contributed by atoms with van der Waals surface area (Å²) in [5.74, 6) is -1.23. The van der Waals surface area contributed by atoms with Crippen molar-refractivity contribution >= 4 is 11.9 Å². The van der Waals surface area contributed by atoms with Gasteiger partial charge in [0.05, 0.1) is 6.04 Å². The monoisotopic (exact) mass is 319 g/mol. The highest BCUT2D eigenvalue weighted by Crippen LogP contribution is 2.13. The number of hydrogen-bond acceptors (Lipinski definition) is 4. The predicted molar refractivity (Wildman–Crippen MR) is 87.0 cm³/mol. The molecule has 2 N–H and O–H groups in total. The topological polar surface area (TPSA) is 82.5 Å². The van der Waals surface area contributed by atoms with Gasteiger partial charge in [0.25, 0.3) is 0 Å². The van der Waals surface area contributed by atoms with Gasteiger partial charge in [-0.3, -0.25) is 14.7 Å². The van der Waals surface area contributed by atoms with E-state index in [-0.39, 0.29) is 18.4 Å². The van der Waals surface area contributed by atoms with Gasteiger partial charge < -0.3 is 10.4 Å². The molecule has 0 bridgehead atoms. The average Bonchev–Trinajstić information content (AvgIpc) is 2.83. The van der Waals surface area contributed by atoms with Gasteiger partial charge in [-0.15, -0.1) is 0 Å². The number of carboxylic acids is 1. The lowest BCUT2D eigenvalue weighted by molar-refractivity contribution is -0.142. The number of carbonyl (C=O) groups is 2. The summed E-state index contributed by atoms with van der Waals surface area (Å²) in [5, 5.41) is 12.1. The number of carbonyl (C=O) groups excluding carboxylic acids is 1. The van der Waals surface area contributed by atoms with Crippen molar-refractivity contribution in [3.8, 4) is 0 Å². The SMILES string of the molecule is CC(C(=O)NC(Cc1ccncc1)C(=O)O)N1CCCCCC1. The van der Waals surface area contributed by atoms with Crippen molar-refractivity contribution in [1.29, 1.82) is 0 Å². The van der Waals surface area contributed by atoms with Gasteiger partial charge >= 0.3 is 5.97 Å². The number of amides is 1. The van der Waals surface area contributed by atoms with E-state index in [0.717, 1.165) is 31.5 Å². The molecule has 0 radical (unpaired) electrons. The van der Waals surface area contributed by atoms with Crippen LogP contribution in [0.15, 0.2) is 24.5 Å². The number of aromatic nitrogens is 1. The largest absolute Gasteiger partial charge is 0.480 e. The highest BCUT2D eigenvalue weighted by Gasteiger charge is 2.27. The van der Waals surface area contributed by atoms with E-state index in [1.54, 1.807) is 24.5 Å². The second-order valence-corrected chi connectivity index (χ2v) is 6.09. The summed E-state index contributed by atoms with van der Waals surface area (Å²) < 4.78 is 0. The van der Waals surface area contributed by atoms with Crippen LogP contribution in [-0.4, -0.2) is 52.0 Å². The van der Waals surface area contributed by atoms with Crippen molar-refractivity contribution in [3.05, 3.63) is 30.1 Å². The van der Waals surface area contributed by atoms with Gasteiger partial charge in [-0.25, -0.2) is 4.79 Å². The number of hydrogen-bond donors (Lipinski definition) is 2. The van der Waals surface area contributed by atoms with Crippen LogP contribution in [0, 0.1) is 0 Å². The van der Waals surface area contributed by atoms with Crippen LogP contribution in [0.25, 0.3) is 0 Å². The van der Waals surface area contributed by atoms with Crippen LogP contribution < -0.4 is 5.32 Å². The second kappa shape index (κ2) is 8.62. The quantitative estimate of drug-likeness (QED) is 0.829. The number of nitrogens with zero attached hydrogens (tertiary/aromatic N) is 2. The Labute approximate surface area is 136 Å². The highest BCUT2D eigenvalue weighted by atomic mass is 16.4. The van der Waals surface area contributed by atoms with Crippen molar-refractivity contribution in [2.24, 2.45) is 0 Å². The first kappa shape index (κ1) is 17.4. The molecule has 1 aliphatic heterocycles. The van der Waals surface area contributed by atoms with Gasteiger partial charge in [-0.05, 0) is 50.6 Å². The first-order valence-electron chi connectivity index (χ1n) is 8.24.